The smallest absolute Gasteiger partial charge is 0.381 e. The normalized spacial score (nSPS) is 19.5. The zero-order valence-electron chi connectivity index (χ0n) is 12.8. The molecule has 1 aliphatic rings. The molecule has 1 atom stereocenters. The number of aromatic nitrogens is 4. The Morgan fingerprint density at radius 1 is 1.30 bits per heavy atom. The molecular formula is C14H18F3N5O. The van der Waals surface area contributed by atoms with Gasteiger partial charge in [0, 0.05) is 19.7 Å². The van der Waals surface area contributed by atoms with Crippen molar-refractivity contribution < 1.29 is 17.9 Å². The molecular weight excluding hydrogens is 311 g/mol. The van der Waals surface area contributed by atoms with Gasteiger partial charge in [0.1, 0.15) is 5.82 Å². The standard InChI is InChI=1S/C14H18F3N5O/c1-2-23-9-10-4-3-7-21(8-10)12-6-5-11-18-19-13(14(15,16)17)22(11)20-12/h5-6,10H,2-4,7-9H2,1H3. The van der Waals surface area contributed by atoms with Gasteiger partial charge in [0.25, 0.3) is 5.82 Å². The Labute approximate surface area is 131 Å². The van der Waals surface area contributed by atoms with Gasteiger partial charge in [0.15, 0.2) is 5.65 Å². The summed E-state index contributed by atoms with van der Waals surface area (Å²) in [5.41, 5.74) is 0.0870. The van der Waals surface area contributed by atoms with E-state index in [2.05, 4.69) is 15.3 Å². The van der Waals surface area contributed by atoms with Crippen LogP contribution in [0, 0.1) is 5.92 Å². The number of piperidine rings is 1. The molecule has 0 N–H and O–H groups in total. The molecule has 0 amide bonds. The van der Waals surface area contributed by atoms with Crippen molar-refractivity contribution in [1.82, 2.24) is 19.8 Å². The van der Waals surface area contributed by atoms with Crippen LogP contribution in [0.1, 0.15) is 25.6 Å². The van der Waals surface area contributed by atoms with Gasteiger partial charge in [-0.3, -0.25) is 0 Å². The van der Waals surface area contributed by atoms with Gasteiger partial charge in [-0.05, 0) is 37.8 Å². The van der Waals surface area contributed by atoms with E-state index in [-0.39, 0.29) is 5.65 Å². The van der Waals surface area contributed by atoms with E-state index in [0.717, 1.165) is 30.4 Å². The SMILES string of the molecule is CCOCC1CCCN(c2ccc3nnc(C(F)(F)F)n3n2)C1. The van der Waals surface area contributed by atoms with Gasteiger partial charge in [0.05, 0.1) is 6.61 Å². The molecule has 3 rings (SSSR count). The van der Waals surface area contributed by atoms with Gasteiger partial charge in [0.2, 0.25) is 0 Å². The Morgan fingerprint density at radius 2 is 2.13 bits per heavy atom. The predicted molar refractivity (Wildman–Crippen MR) is 77.2 cm³/mol. The van der Waals surface area contributed by atoms with Crippen LogP contribution in [0.25, 0.3) is 5.65 Å². The van der Waals surface area contributed by atoms with Crippen LogP contribution < -0.4 is 4.90 Å². The summed E-state index contributed by atoms with van der Waals surface area (Å²) in [5, 5.41) is 10.8. The monoisotopic (exact) mass is 329 g/mol. The summed E-state index contributed by atoms with van der Waals surface area (Å²) in [6.07, 6.45) is -2.56. The average Bonchev–Trinajstić information content (AvgIpc) is 2.96. The molecule has 0 aliphatic carbocycles. The van der Waals surface area contributed by atoms with Crippen LogP contribution in [0.3, 0.4) is 0 Å². The van der Waals surface area contributed by atoms with Crippen LogP contribution in [0.15, 0.2) is 12.1 Å². The molecule has 2 aromatic rings. The Hall–Kier alpha value is -1.90. The Bertz CT molecular complexity index is 672. The number of ether oxygens (including phenoxy) is 1. The number of rotatable bonds is 4. The third-order valence-corrected chi connectivity index (χ3v) is 3.90. The van der Waals surface area contributed by atoms with Crippen LogP contribution in [-0.4, -0.2) is 46.1 Å². The van der Waals surface area contributed by atoms with E-state index in [1.807, 2.05) is 11.8 Å². The zero-order chi connectivity index (χ0) is 16.4. The maximum atomic E-state index is 12.9. The second-order valence-corrected chi connectivity index (χ2v) is 5.60. The maximum Gasteiger partial charge on any atom is 0.453 e. The van der Waals surface area contributed by atoms with Crippen molar-refractivity contribution >= 4 is 11.5 Å². The van der Waals surface area contributed by atoms with Gasteiger partial charge in [-0.15, -0.1) is 15.3 Å². The van der Waals surface area contributed by atoms with Crippen LogP contribution in [0.5, 0.6) is 0 Å². The molecule has 0 radical (unpaired) electrons. The lowest BCUT2D eigenvalue weighted by Gasteiger charge is -2.33. The molecule has 1 fully saturated rings. The van der Waals surface area contributed by atoms with Crippen LogP contribution in [0.2, 0.25) is 0 Å². The lowest BCUT2D eigenvalue weighted by molar-refractivity contribution is -0.146. The highest BCUT2D eigenvalue weighted by Crippen LogP contribution is 2.28. The number of hydrogen-bond donors (Lipinski definition) is 0. The zero-order valence-corrected chi connectivity index (χ0v) is 12.8. The molecule has 3 heterocycles. The summed E-state index contributed by atoms with van der Waals surface area (Å²) in [4.78, 5) is 1.99. The first-order valence-electron chi connectivity index (χ1n) is 7.61. The van der Waals surface area contributed by atoms with E-state index in [1.54, 1.807) is 6.07 Å². The highest BCUT2D eigenvalue weighted by molar-refractivity contribution is 5.46. The van der Waals surface area contributed by atoms with E-state index in [9.17, 15) is 13.2 Å². The van der Waals surface area contributed by atoms with Crippen molar-refractivity contribution in [2.45, 2.75) is 25.9 Å². The fraction of sp³-hybridized carbons (Fsp3) is 0.643. The quantitative estimate of drug-likeness (QED) is 0.862. The number of nitrogens with zero attached hydrogens (tertiary/aromatic N) is 5. The Morgan fingerprint density at radius 3 is 2.87 bits per heavy atom. The summed E-state index contributed by atoms with van der Waals surface area (Å²) in [6, 6.07) is 3.20. The van der Waals surface area contributed by atoms with E-state index in [1.165, 1.54) is 6.07 Å². The molecule has 126 valence electrons. The molecule has 23 heavy (non-hydrogen) atoms. The first-order chi connectivity index (χ1) is 11.0. The summed E-state index contributed by atoms with van der Waals surface area (Å²) < 4.78 is 45.0. The number of anilines is 1. The van der Waals surface area contributed by atoms with Crippen molar-refractivity contribution in [2.24, 2.45) is 5.92 Å². The minimum atomic E-state index is -4.58. The van der Waals surface area contributed by atoms with Gasteiger partial charge < -0.3 is 9.64 Å². The largest absolute Gasteiger partial charge is 0.453 e. The molecule has 1 aliphatic heterocycles. The first-order valence-corrected chi connectivity index (χ1v) is 7.61. The summed E-state index contributed by atoms with van der Waals surface area (Å²) in [6.45, 7) is 4.76. The Kier molecular flexibility index (Phi) is 4.38. The van der Waals surface area contributed by atoms with E-state index in [4.69, 9.17) is 4.74 Å². The fourth-order valence-electron chi connectivity index (χ4n) is 2.82. The van der Waals surface area contributed by atoms with Crippen molar-refractivity contribution in [3.63, 3.8) is 0 Å². The molecule has 1 saturated heterocycles. The minimum Gasteiger partial charge on any atom is -0.381 e. The number of hydrogen-bond acceptors (Lipinski definition) is 5. The summed E-state index contributed by atoms with van der Waals surface area (Å²) in [7, 11) is 0. The van der Waals surface area contributed by atoms with E-state index in [0.29, 0.717) is 24.9 Å². The maximum absolute atomic E-state index is 12.9. The predicted octanol–water partition coefficient (Wildman–Crippen LogP) is 2.40. The van der Waals surface area contributed by atoms with Crippen molar-refractivity contribution in [3.8, 4) is 0 Å². The fourth-order valence-corrected chi connectivity index (χ4v) is 2.82. The van der Waals surface area contributed by atoms with Gasteiger partial charge in [-0.1, -0.05) is 0 Å². The number of halogens is 3. The molecule has 2 aromatic heterocycles. The Balaban J connectivity index is 1.85. The van der Waals surface area contributed by atoms with E-state index < -0.39 is 12.0 Å². The highest BCUT2D eigenvalue weighted by Gasteiger charge is 2.37. The molecule has 9 heteroatoms. The molecule has 0 aromatic carbocycles. The van der Waals surface area contributed by atoms with Crippen molar-refractivity contribution in [3.05, 3.63) is 18.0 Å². The van der Waals surface area contributed by atoms with E-state index >= 15 is 0 Å². The second-order valence-electron chi connectivity index (χ2n) is 5.60. The third kappa shape index (κ3) is 3.39. The van der Waals surface area contributed by atoms with Crippen molar-refractivity contribution in [2.75, 3.05) is 31.2 Å². The summed E-state index contributed by atoms with van der Waals surface area (Å²) in [5.74, 6) is -0.231. The first kappa shape index (κ1) is 16.0. The van der Waals surface area contributed by atoms with Gasteiger partial charge in [-0.2, -0.15) is 17.7 Å². The van der Waals surface area contributed by atoms with Crippen molar-refractivity contribution in [1.29, 1.82) is 0 Å². The van der Waals surface area contributed by atoms with Crippen LogP contribution in [0.4, 0.5) is 19.0 Å². The minimum absolute atomic E-state index is 0.0870. The molecule has 0 saturated carbocycles. The topological polar surface area (TPSA) is 55.5 Å². The number of alkyl halides is 3. The third-order valence-electron chi connectivity index (χ3n) is 3.90. The highest BCUT2D eigenvalue weighted by atomic mass is 19.4. The molecule has 0 bridgehead atoms. The molecule has 1 unspecified atom stereocenters. The molecule has 6 nitrogen and oxygen atoms in total. The number of fused-ring (bicyclic) bond motifs is 1. The van der Waals surface area contributed by atoms with Gasteiger partial charge >= 0.3 is 6.18 Å². The second kappa shape index (κ2) is 6.31. The molecule has 0 spiro atoms. The lowest BCUT2D eigenvalue weighted by Crippen LogP contribution is -2.38. The van der Waals surface area contributed by atoms with Crippen LogP contribution >= 0.6 is 0 Å². The van der Waals surface area contributed by atoms with Crippen LogP contribution in [-0.2, 0) is 10.9 Å². The lowest BCUT2D eigenvalue weighted by atomic mass is 9.99. The van der Waals surface area contributed by atoms with Gasteiger partial charge in [-0.25, -0.2) is 0 Å². The summed E-state index contributed by atoms with van der Waals surface area (Å²) >= 11 is 0. The average molecular weight is 329 g/mol.